The Morgan fingerprint density at radius 1 is 1.12 bits per heavy atom. The number of nitrogens with zero attached hydrogens (tertiary/aromatic N) is 1. The van der Waals surface area contributed by atoms with E-state index >= 15 is 0 Å². The summed E-state index contributed by atoms with van der Waals surface area (Å²) in [5, 5.41) is 0. The van der Waals surface area contributed by atoms with Crippen LogP contribution in [-0.2, 0) is 9.59 Å². The molecule has 4 nitrogen and oxygen atoms in total. The van der Waals surface area contributed by atoms with E-state index in [0.29, 0.717) is 6.42 Å². The van der Waals surface area contributed by atoms with Crippen molar-refractivity contribution >= 4 is 17.5 Å². The quantitative estimate of drug-likeness (QED) is 0.887. The molecule has 124 valence electrons. The molecule has 1 saturated carbocycles. The van der Waals surface area contributed by atoms with Gasteiger partial charge in [-0.05, 0) is 42.2 Å². The summed E-state index contributed by atoms with van der Waals surface area (Å²) in [6, 6.07) is 15.6. The molecule has 0 saturated heterocycles. The van der Waals surface area contributed by atoms with E-state index in [4.69, 9.17) is 5.73 Å². The minimum absolute atomic E-state index is 0.0352. The van der Waals surface area contributed by atoms with Crippen LogP contribution in [0.3, 0.4) is 0 Å². The normalized spacial score (nSPS) is 18.9. The Bertz CT molecular complexity index is 748. The highest BCUT2D eigenvalue weighted by Crippen LogP contribution is 2.49. The van der Waals surface area contributed by atoms with Gasteiger partial charge in [-0.1, -0.05) is 30.3 Å². The van der Waals surface area contributed by atoms with Crippen LogP contribution < -0.4 is 10.6 Å². The number of nitrogens with two attached hydrogens (primary N) is 1. The predicted octanol–water partition coefficient (Wildman–Crippen LogP) is 2.84. The zero-order valence-corrected chi connectivity index (χ0v) is 13.2. The number of hydrogen-bond donors (Lipinski definition) is 1. The number of benzene rings is 2. The molecule has 2 amide bonds. The third kappa shape index (κ3) is 3.62. The maximum Gasteiger partial charge on any atom is 0.230 e. The topological polar surface area (TPSA) is 63.4 Å². The fourth-order valence-corrected chi connectivity index (χ4v) is 2.97. The second kappa shape index (κ2) is 6.83. The highest BCUT2D eigenvalue weighted by Gasteiger charge is 2.46. The van der Waals surface area contributed by atoms with Gasteiger partial charge in [-0.2, -0.15) is 0 Å². The molecular formula is C19H19FN2O2. The Labute approximate surface area is 140 Å². The van der Waals surface area contributed by atoms with Crippen molar-refractivity contribution in [2.75, 3.05) is 11.4 Å². The van der Waals surface area contributed by atoms with Crippen molar-refractivity contribution in [3.05, 3.63) is 66.0 Å². The summed E-state index contributed by atoms with van der Waals surface area (Å²) in [4.78, 5) is 25.6. The van der Waals surface area contributed by atoms with Crippen molar-refractivity contribution in [1.82, 2.24) is 0 Å². The number of hydrogen-bond acceptors (Lipinski definition) is 2. The van der Waals surface area contributed by atoms with Crippen LogP contribution in [0.15, 0.2) is 54.6 Å². The lowest BCUT2D eigenvalue weighted by molar-refractivity contribution is -0.120. The predicted molar refractivity (Wildman–Crippen MR) is 89.9 cm³/mol. The molecule has 3 rings (SSSR count). The number of carbonyl (C=O) groups excluding carboxylic acids is 2. The lowest BCUT2D eigenvalue weighted by atomic mass is 10.1. The molecule has 0 aromatic heterocycles. The molecule has 0 spiro atoms. The van der Waals surface area contributed by atoms with E-state index < -0.39 is 5.91 Å². The fraction of sp³-hybridized carbons (Fsp3) is 0.263. The third-order valence-corrected chi connectivity index (χ3v) is 4.30. The monoisotopic (exact) mass is 326 g/mol. The van der Waals surface area contributed by atoms with Gasteiger partial charge < -0.3 is 10.6 Å². The highest BCUT2D eigenvalue weighted by atomic mass is 19.1. The third-order valence-electron chi connectivity index (χ3n) is 4.30. The van der Waals surface area contributed by atoms with Crippen LogP contribution >= 0.6 is 0 Å². The summed E-state index contributed by atoms with van der Waals surface area (Å²) in [6.45, 7) is 0.255. The maximum atomic E-state index is 13.4. The van der Waals surface area contributed by atoms with Crippen molar-refractivity contribution in [3.63, 3.8) is 0 Å². The molecule has 2 N–H and O–H groups in total. The number of carbonyl (C=O) groups is 2. The molecule has 0 bridgehead atoms. The Balaban J connectivity index is 1.76. The minimum atomic E-state index is -0.443. The highest BCUT2D eigenvalue weighted by molar-refractivity contribution is 5.98. The largest absolute Gasteiger partial charge is 0.370 e. The van der Waals surface area contributed by atoms with Crippen molar-refractivity contribution in [2.24, 2.45) is 11.7 Å². The second-order valence-electron chi connectivity index (χ2n) is 6.05. The van der Waals surface area contributed by atoms with Gasteiger partial charge >= 0.3 is 0 Å². The minimum Gasteiger partial charge on any atom is -0.370 e. The van der Waals surface area contributed by atoms with Crippen LogP contribution in [0, 0.1) is 11.7 Å². The zero-order chi connectivity index (χ0) is 17.1. The molecule has 0 unspecified atom stereocenters. The molecule has 2 aromatic carbocycles. The molecule has 24 heavy (non-hydrogen) atoms. The summed E-state index contributed by atoms with van der Waals surface area (Å²) >= 11 is 0. The van der Waals surface area contributed by atoms with Gasteiger partial charge in [0.25, 0.3) is 0 Å². The van der Waals surface area contributed by atoms with Gasteiger partial charge in [-0.3, -0.25) is 9.59 Å². The van der Waals surface area contributed by atoms with Crippen molar-refractivity contribution in [2.45, 2.75) is 18.8 Å². The van der Waals surface area contributed by atoms with Crippen LogP contribution in [0.4, 0.5) is 10.1 Å². The average molecular weight is 326 g/mol. The standard InChI is InChI=1S/C19H19FN2O2/c20-14-6-4-5-13(11-14)16-12-17(16)19(24)22(10-9-18(21)23)15-7-2-1-3-8-15/h1-8,11,16-17H,9-10,12H2,(H2,21,23)/t16-,17+/m1/s1. The maximum absolute atomic E-state index is 13.4. The number of halogens is 1. The Morgan fingerprint density at radius 3 is 2.54 bits per heavy atom. The second-order valence-corrected chi connectivity index (χ2v) is 6.05. The van der Waals surface area contributed by atoms with Gasteiger partial charge in [0.1, 0.15) is 5.82 Å². The number of rotatable bonds is 6. The molecule has 1 fully saturated rings. The fourth-order valence-electron chi connectivity index (χ4n) is 2.97. The summed E-state index contributed by atoms with van der Waals surface area (Å²) in [7, 11) is 0. The van der Waals surface area contributed by atoms with Crippen molar-refractivity contribution < 1.29 is 14.0 Å². The van der Waals surface area contributed by atoms with E-state index in [0.717, 1.165) is 11.3 Å². The van der Waals surface area contributed by atoms with Gasteiger partial charge in [0.05, 0.1) is 0 Å². The smallest absolute Gasteiger partial charge is 0.230 e. The Kier molecular flexibility index (Phi) is 4.60. The van der Waals surface area contributed by atoms with Crippen LogP contribution in [-0.4, -0.2) is 18.4 Å². The molecule has 5 heteroatoms. The van der Waals surface area contributed by atoms with E-state index in [1.165, 1.54) is 12.1 Å². The molecule has 0 heterocycles. The van der Waals surface area contributed by atoms with Crippen LogP contribution in [0.5, 0.6) is 0 Å². The van der Waals surface area contributed by atoms with Gasteiger partial charge in [-0.15, -0.1) is 0 Å². The SMILES string of the molecule is NC(=O)CCN(C(=O)[C@H]1C[C@@H]1c1cccc(F)c1)c1ccccc1. The first-order valence-electron chi connectivity index (χ1n) is 7.96. The lowest BCUT2D eigenvalue weighted by Gasteiger charge is -2.22. The molecule has 2 aromatic rings. The number of para-hydroxylation sites is 1. The van der Waals surface area contributed by atoms with Crippen molar-refractivity contribution in [3.8, 4) is 0 Å². The van der Waals surface area contributed by atoms with Gasteiger partial charge in [0.15, 0.2) is 0 Å². The molecular weight excluding hydrogens is 307 g/mol. The number of amides is 2. The first-order chi connectivity index (χ1) is 11.6. The summed E-state index contributed by atoms with van der Waals surface area (Å²) in [6.07, 6.45) is 0.806. The number of primary amides is 1. The van der Waals surface area contributed by atoms with Crippen LogP contribution in [0.25, 0.3) is 0 Å². The summed E-state index contributed by atoms with van der Waals surface area (Å²) in [5.74, 6) is -0.926. The summed E-state index contributed by atoms with van der Waals surface area (Å²) < 4.78 is 13.4. The van der Waals surface area contributed by atoms with E-state index in [1.807, 2.05) is 36.4 Å². The molecule has 0 aliphatic heterocycles. The lowest BCUT2D eigenvalue weighted by Crippen LogP contribution is -2.35. The van der Waals surface area contributed by atoms with E-state index in [-0.39, 0.29) is 36.5 Å². The van der Waals surface area contributed by atoms with E-state index in [1.54, 1.807) is 11.0 Å². The Morgan fingerprint density at radius 2 is 1.88 bits per heavy atom. The van der Waals surface area contributed by atoms with Gasteiger partial charge in [0.2, 0.25) is 11.8 Å². The van der Waals surface area contributed by atoms with Crippen LogP contribution in [0.1, 0.15) is 24.3 Å². The van der Waals surface area contributed by atoms with Crippen molar-refractivity contribution in [1.29, 1.82) is 0 Å². The molecule has 0 radical (unpaired) electrons. The summed E-state index contributed by atoms with van der Waals surface area (Å²) in [5.41, 5.74) is 6.82. The first kappa shape index (κ1) is 16.2. The van der Waals surface area contributed by atoms with Gasteiger partial charge in [0, 0.05) is 24.6 Å². The van der Waals surface area contributed by atoms with E-state index in [2.05, 4.69) is 0 Å². The van der Waals surface area contributed by atoms with Gasteiger partial charge in [-0.25, -0.2) is 4.39 Å². The van der Waals surface area contributed by atoms with Crippen LogP contribution in [0.2, 0.25) is 0 Å². The first-order valence-corrected chi connectivity index (χ1v) is 7.96. The molecule has 1 aliphatic carbocycles. The number of anilines is 1. The average Bonchev–Trinajstić information content (AvgIpc) is 3.36. The molecule has 2 atom stereocenters. The Hall–Kier alpha value is -2.69. The zero-order valence-electron chi connectivity index (χ0n) is 13.2. The van der Waals surface area contributed by atoms with E-state index in [9.17, 15) is 14.0 Å². The molecule has 1 aliphatic rings.